The van der Waals surface area contributed by atoms with Gasteiger partial charge >= 0.3 is 0 Å². The number of hydrogen-bond acceptors (Lipinski definition) is 4. The number of rotatable bonds is 6. The van der Waals surface area contributed by atoms with Crippen molar-refractivity contribution in [2.24, 2.45) is 0 Å². The van der Waals surface area contributed by atoms with Crippen LogP contribution in [0.5, 0.6) is 0 Å². The summed E-state index contributed by atoms with van der Waals surface area (Å²) in [5, 5.41) is 5.17. The highest BCUT2D eigenvalue weighted by molar-refractivity contribution is 7.89. The molecule has 2 N–H and O–H groups in total. The van der Waals surface area contributed by atoms with E-state index in [1.165, 1.54) is 26.2 Å². The summed E-state index contributed by atoms with van der Waals surface area (Å²) < 4.78 is 25.9. The minimum absolute atomic E-state index is 0.119. The molecular formula is C18H21N3O4S. The van der Waals surface area contributed by atoms with Gasteiger partial charge in [0, 0.05) is 25.3 Å². The molecule has 2 aromatic carbocycles. The number of likely N-dealkylation sites (N-methyl/N-ethyl adjacent to an activating group) is 1. The predicted molar refractivity (Wildman–Crippen MR) is 99.5 cm³/mol. The minimum atomic E-state index is -3.75. The Bertz CT molecular complexity index is 911. The SMILES string of the molecule is CNC(=O)c1ccc(C)c(NC(=O)CN(C)S(=O)(=O)c2ccccc2)c1. The number of sulfonamides is 1. The second-order valence-corrected chi connectivity index (χ2v) is 7.78. The second kappa shape index (κ2) is 8.11. The number of nitrogens with zero attached hydrogens (tertiary/aromatic N) is 1. The van der Waals surface area contributed by atoms with E-state index >= 15 is 0 Å². The Balaban J connectivity index is 2.13. The van der Waals surface area contributed by atoms with E-state index in [0.29, 0.717) is 11.3 Å². The van der Waals surface area contributed by atoms with E-state index in [1.54, 1.807) is 43.3 Å². The molecule has 7 nitrogen and oxygen atoms in total. The summed E-state index contributed by atoms with van der Waals surface area (Å²) in [6.07, 6.45) is 0. The van der Waals surface area contributed by atoms with Crippen LogP contribution in [0.3, 0.4) is 0 Å². The summed E-state index contributed by atoms with van der Waals surface area (Å²) in [6.45, 7) is 1.44. The van der Waals surface area contributed by atoms with Crippen LogP contribution >= 0.6 is 0 Å². The van der Waals surface area contributed by atoms with Crippen molar-refractivity contribution < 1.29 is 18.0 Å². The van der Waals surface area contributed by atoms with E-state index in [-0.39, 0.29) is 17.3 Å². The predicted octanol–water partition coefficient (Wildman–Crippen LogP) is 1.61. The maximum atomic E-state index is 12.5. The van der Waals surface area contributed by atoms with Crippen LogP contribution < -0.4 is 10.6 Å². The Morgan fingerprint density at radius 3 is 2.35 bits per heavy atom. The molecule has 2 amide bonds. The van der Waals surface area contributed by atoms with Gasteiger partial charge in [-0.3, -0.25) is 9.59 Å². The number of nitrogens with one attached hydrogen (secondary N) is 2. The minimum Gasteiger partial charge on any atom is -0.355 e. The van der Waals surface area contributed by atoms with Crippen molar-refractivity contribution in [1.29, 1.82) is 0 Å². The van der Waals surface area contributed by atoms with Gasteiger partial charge in [-0.05, 0) is 36.8 Å². The lowest BCUT2D eigenvalue weighted by Gasteiger charge is -2.17. The van der Waals surface area contributed by atoms with Gasteiger partial charge in [0.2, 0.25) is 15.9 Å². The molecule has 0 radical (unpaired) electrons. The van der Waals surface area contributed by atoms with Gasteiger partial charge in [0.15, 0.2) is 0 Å². The fraction of sp³-hybridized carbons (Fsp3) is 0.222. The Morgan fingerprint density at radius 1 is 1.08 bits per heavy atom. The van der Waals surface area contributed by atoms with Crippen molar-refractivity contribution >= 4 is 27.5 Å². The van der Waals surface area contributed by atoms with E-state index in [2.05, 4.69) is 10.6 Å². The van der Waals surface area contributed by atoms with Gasteiger partial charge in [-0.25, -0.2) is 8.42 Å². The highest BCUT2D eigenvalue weighted by Gasteiger charge is 2.23. The van der Waals surface area contributed by atoms with Crippen molar-refractivity contribution in [3.8, 4) is 0 Å². The number of hydrogen-bond donors (Lipinski definition) is 2. The molecule has 0 spiro atoms. The molecule has 0 unspecified atom stereocenters. The molecular weight excluding hydrogens is 354 g/mol. The molecule has 0 atom stereocenters. The van der Waals surface area contributed by atoms with Gasteiger partial charge < -0.3 is 10.6 Å². The quantitative estimate of drug-likeness (QED) is 0.802. The second-order valence-electron chi connectivity index (χ2n) is 5.73. The highest BCUT2D eigenvalue weighted by atomic mass is 32.2. The molecule has 0 saturated heterocycles. The Morgan fingerprint density at radius 2 is 1.73 bits per heavy atom. The molecule has 0 heterocycles. The van der Waals surface area contributed by atoms with Crippen LogP contribution in [0.15, 0.2) is 53.4 Å². The van der Waals surface area contributed by atoms with Crippen LogP contribution in [0.1, 0.15) is 15.9 Å². The number of anilines is 1. The molecule has 0 aliphatic carbocycles. The molecule has 0 aliphatic heterocycles. The summed E-state index contributed by atoms with van der Waals surface area (Å²) in [5.41, 5.74) is 1.62. The molecule has 0 saturated carbocycles. The number of aryl methyl sites for hydroxylation is 1. The standard InChI is InChI=1S/C18H21N3O4S/c1-13-9-10-14(18(23)19-2)11-16(13)20-17(22)12-21(3)26(24,25)15-7-5-4-6-8-15/h4-11H,12H2,1-3H3,(H,19,23)(H,20,22). The van der Waals surface area contributed by atoms with Gasteiger partial charge in [-0.2, -0.15) is 4.31 Å². The number of carbonyl (C=O) groups excluding carboxylic acids is 2. The molecule has 26 heavy (non-hydrogen) atoms. The first kappa shape index (κ1) is 19.6. The molecule has 0 aliphatic rings. The molecule has 0 fully saturated rings. The molecule has 2 aromatic rings. The third kappa shape index (κ3) is 4.47. The monoisotopic (exact) mass is 375 g/mol. The fourth-order valence-corrected chi connectivity index (χ4v) is 3.44. The van der Waals surface area contributed by atoms with E-state index in [4.69, 9.17) is 0 Å². The van der Waals surface area contributed by atoms with E-state index in [1.807, 2.05) is 0 Å². The summed E-state index contributed by atoms with van der Waals surface area (Å²) in [7, 11) is -0.893. The zero-order chi connectivity index (χ0) is 19.3. The number of amides is 2. The normalized spacial score (nSPS) is 11.2. The van der Waals surface area contributed by atoms with Crippen LogP contribution in [0.25, 0.3) is 0 Å². The first-order valence-electron chi connectivity index (χ1n) is 7.89. The largest absolute Gasteiger partial charge is 0.355 e. The fourth-order valence-electron chi connectivity index (χ4n) is 2.29. The maximum Gasteiger partial charge on any atom is 0.251 e. The lowest BCUT2D eigenvalue weighted by atomic mass is 10.1. The third-order valence-corrected chi connectivity index (χ3v) is 5.64. The lowest BCUT2D eigenvalue weighted by Crippen LogP contribution is -2.35. The van der Waals surface area contributed by atoms with Crippen LogP contribution in [0, 0.1) is 6.92 Å². The van der Waals surface area contributed by atoms with Gasteiger partial charge in [0.1, 0.15) is 0 Å². The van der Waals surface area contributed by atoms with Crippen LogP contribution in [-0.4, -0.2) is 45.2 Å². The Hall–Kier alpha value is -2.71. The first-order chi connectivity index (χ1) is 12.3. The van der Waals surface area contributed by atoms with E-state index in [9.17, 15) is 18.0 Å². The van der Waals surface area contributed by atoms with Crippen LogP contribution in [0.4, 0.5) is 5.69 Å². The molecule has 2 rings (SSSR count). The topological polar surface area (TPSA) is 95.6 Å². The molecule has 8 heteroatoms. The van der Waals surface area contributed by atoms with Crippen molar-refractivity contribution in [2.75, 3.05) is 26.0 Å². The number of carbonyl (C=O) groups is 2. The van der Waals surface area contributed by atoms with Crippen molar-refractivity contribution in [1.82, 2.24) is 9.62 Å². The average molecular weight is 375 g/mol. The Labute approximate surface area is 153 Å². The summed E-state index contributed by atoms with van der Waals surface area (Å²) in [5.74, 6) is -0.770. The number of benzene rings is 2. The highest BCUT2D eigenvalue weighted by Crippen LogP contribution is 2.18. The van der Waals surface area contributed by atoms with Crippen molar-refractivity contribution in [2.45, 2.75) is 11.8 Å². The smallest absolute Gasteiger partial charge is 0.251 e. The van der Waals surface area contributed by atoms with Crippen LogP contribution in [0.2, 0.25) is 0 Å². The molecule has 138 valence electrons. The zero-order valence-electron chi connectivity index (χ0n) is 14.8. The van der Waals surface area contributed by atoms with Crippen molar-refractivity contribution in [3.63, 3.8) is 0 Å². The Kier molecular flexibility index (Phi) is 6.12. The molecule has 0 bridgehead atoms. The van der Waals surface area contributed by atoms with Crippen molar-refractivity contribution in [3.05, 3.63) is 59.7 Å². The third-order valence-electron chi connectivity index (χ3n) is 3.82. The first-order valence-corrected chi connectivity index (χ1v) is 9.33. The van der Waals surface area contributed by atoms with Gasteiger partial charge in [-0.15, -0.1) is 0 Å². The van der Waals surface area contributed by atoms with E-state index in [0.717, 1.165) is 9.87 Å². The van der Waals surface area contributed by atoms with Gasteiger partial charge in [0.25, 0.3) is 5.91 Å². The van der Waals surface area contributed by atoms with E-state index < -0.39 is 15.9 Å². The maximum absolute atomic E-state index is 12.5. The van der Waals surface area contributed by atoms with Crippen LogP contribution in [-0.2, 0) is 14.8 Å². The average Bonchev–Trinajstić information content (AvgIpc) is 2.63. The summed E-state index contributed by atoms with van der Waals surface area (Å²) in [6, 6.07) is 12.8. The molecule has 0 aromatic heterocycles. The summed E-state index contributed by atoms with van der Waals surface area (Å²) in [4.78, 5) is 24.1. The summed E-state index contributed by atoms with van der Waals surface area (Å²) >= 11 is 0. The van der Waals surface area contributed by atoms with Gasteiger partial charge in [0.05, 0.1) is 11.4 Å². The zero-order valence-corrected chi connectivity index (χ0v) is 15.6. The van der Waals surface area contributed by atoms with Gasteiger partial charge in [-0.1, -0.05) is 24.3 Å². The lowest BCUT2D eigenvalue weighted by molar-refractivity contribution is -0.116.